The Labute approximate surface area is 58.6 Å². The Morgan fingerprint density at radius 2 is 2.30 bits per heavy atom. The minimum Gasteiger partial charge on any atom is -0.399 e. The summed E-state index contributed by atoms with van der Waals surface area (Å²) in [6.07, 6.45) is 0. The van der Waals surface area contributed by atoms with Crippen molar-refractivity contribution in [2.45, 2.75) is 6.54 Å². The average molecular weight is 139 g/mol. The number of rotatable bonds is 1. The summed E-state index contributed by atoms with van der Waals surface area (Å²) in [4.78, 5) is 0. The van der Waals surface area contributed by atoms with Crippen molar-refractivity contribution in [1.29, 1.82) is 0 Å². The lowest BCUT2D eigenvalue weighted by atomic mass is 10.2. The van der Waals surface area contributed by atoms with Gasteiger partial charge >= 0.3 is 0 Å². The zero-order chi connectivity index (χ0) is 7.56. The highest BCUT2D eigenvalue weighted by atomic mass is 19.1. The third-order valence-electron chi connectivity index (χ3n) is 1.21. The number of hydrogen-bond donors (Lipinski definition) is 2. The molecule has 4 N–H and O–H groups in total. The van der Waals surface area contributed by atoms with Gasteiger partial charge in [-0.1, -0.05) is 0 Å². The Morgan fingerprint density at radius 3 is 2.80 bits per heavy atom. The van der Waals surface area contributed by atoms with E-state index in [1.165, 1.54) is 12.1 Å². The van der Waals surface area contributed by atoms with Crippen molar-refractivity contribution in [3.05, 3.63) is 29.6 Å². The van der Waals surface area contributed by atoms with Crippen LogP contribution in [0.2, 0.25) is 0 Å². The van der Waals surface area contributed by atoms with Crippen LogP contribution in [0.4, 0.5) is 10.1 Å². The molecule has 3 heteroatoms. The SMILES string of the molecule is NCc1cc(N)c[c]c1F. The molecule has 1 radical (unpaired) electrons. The Hall–Kier alpha value is -1.09. The molecular weight excluding hydrogens is 131 g/mol. The molecule has 1 aromatic rings. The quantitative estimate of drug-likeness (QED) is 0.562. The summed E-state index contributed by atoms with van der Waals surface area (Å²) in [5.74, 6) is -0.420. The molecule has 0 saturated carbocycles. The van der Waals surface area contributed by atoms with Crippen LogP contribution in [0.15, 0.2) is 12.1 Å². The van der Waals surface area contributed by atoms with Crippen LogP contribution in [0.1, 0.15) is 5.56 Å². The predicted molar refractivity (Wildman–Crippen MR) is 37.5 cm³/mol. The molecule has 10 heavy (non-hydrogen) atoms. The zero-order valence-electron chi connectivity index (χ0n) is 5.39. The molecule has 1 aromatic carbocycles. The van der Waals surface area contributed by atoms with Gasteiger partial charge in [-0.25, -0.2) is 4.39 Å². The lowest BCUT2D eigenvalue weighted by molar-refractivity contribution is 0.609. The molecule has 53 valence electrons. The molecule has 0 aliphatic rings. The van der Waals surface area contributed by atoms with Crippen molar-refractivity contribution in [2.24, 2.45) is 5.73 Å². The van der Waals surface area contributed by atoms with E-state index in [0.717, 1.165) is 0 Å². The summed E-state index contributed by atoms with van der Waals surface area (Å²) in [6, 6.07) is 5.24. The van der Waals surface area contributed by atoms with Crippen molar-refractivity contribution in [3.63, 3.8) is 0 Å². The third-order valence-corrected chi connectivity index (χ3v) is 1.21. The average Bonchev–Trinajstić information content (AvgIpc) is 1.94. The lowest BCUT2D eigenvalue weighted by Crippen LogP contribution is -2.00. The molecule has 0 aliphatic carbocycles. The van der Waals surface area contributed by atoms with Gasteiger partial charge in [0.2, 0.25) is 0 Å². The van der Waals surface area contributed by atoms with Gasteiger partial charge in [-0.05, 0) is 12.1 Å². The number of nitrogen functional groups attached to an aromatic ring is 1. The van der Waals surface area contributed by atoms with Crippen LogP contribution < -0.4 is 11.5 Å². The van der Waals surface area contributed by atoms with Crippen molar-refractivity contribution >= 4 is 5.69 Å². The van der Waals surface area contributed by atoms with E-state index in [9.17, 15) is 4.39 Å². The summed E-state index contributed by atoms with van der Waals surface area (Å²) in [7, 11) is 0. The highest BCUT2D eigenvalue weighted by molar-refractivity contribution is 5.40. The number of hydrogen-bond acceptors (Lipinski definition) is 2. The topological polar surface area (TPSA) is 52.0 Å². The zero-order valence-corrected chi connectivity index (χ0v) is 5.39. The van der Waals surface area contributed by atoms with E-state index in [4.69, 9.17) is 11.5 Å². The third kappa shape index (κ3) is 1.25. The predicted octanol–water partition coefficient (Wildman–Crippen LogP) is 0.667. The molecule has 0 unspecified atom stereocenters. The molecule has 0 heterocycles. The number of benzene rings is 1. The van der Waals surface area contributed by atoms with Gasteiger partial charge in [0.15, 0.2) is 0 Å². The summed E-state index contributed by atoms with van der Waals surface area (Å²) >= 11 is 0. The van der Waals surface area contributed by atoms with Crippen molar-refractivity contribution in [3.8, 4) is 0 Å². The summed E-state index contributed by atoms with van der Waals surface area (Å²) in [5, 5.41) is 0. The van der Waals surface area contributed by atoms with Crippen LogP contribution in [-0.4, -0.2) is 0 Å². The molecule has 0 atom stereocenters. The fraction of sp³-hybridized carbons (Fsp3) is 0.143. The van der Waals surface area contributed by atoms with Crippen LogP contribution in [0, 0.1) is 11.9 Å². The molecule has 0 saturated heterocycles. The maximum Gasteiger partial charge on any atom is 0.135 e. The summed E-state index contributed by atoms with van der Waals surface area (Å²) in [6.45, 7) is 0.160. The van der Waals surface area contributed by atoms with Gasteiger partial charge in [0.1, 0.15) is 5.82 Å². The highest BCUT2D eigenvalue weighted by Crippen LogP contribution is 2.09. The standard InChI is InChI=1S/C7H8FN2/c8-7-2-1-6(10)3-5(7)4-9/h1,3H,4,9-10H2. The molecule has 1 rings (SSSR count). The second kappa shape index (κ2) is 2.66. The van der Waals surface area contributed by atoms with E-state index >= 15 is 0 Å². The lowest BCUT2D eigenvalue weighted by Gasteiger charge is -1.98. The molecule has 0 amide bonds. The smallest absolute Gasteiger partial charge is 0.135 e. The van der Waals surface area contributed by atoms with E-state index in [2.05, 4.69) is 6.07 Å². The fourth-order valence-corrected chi connectivity index (χ4v) is 0.694. The molecule has 0 aromatic heterocycles. The van der Waals surface area contributed by atoms with Gasteiger partial charge in [0.05, 0.1) is 0 Å². The van der Waals surface area contributed by atoms with Crippen molar-refractivity contribution < 1.29 is 4.39 Å². The van der Waals surface area contributed by atoms with Crippen LogP contribution in [-0.2, 0) is 6.54 Å². The maximum atomic E-state index is 12.6. The molecule has 0 fully saturated rings. The van der Waals surface area contributed by atoms with Crippen LogP contribution in [0.3, 0.4) is 0 Å². The molecule has 0 bridgehead atoms. The molecular formula is C7H8FN2. The first-order valence-corrected chi connectivity index (χ1v) is 2.89. The van der Waals surface area contributed by atoms with Gasteiger partial charge in [0, 0.05) is 23.9 Å². The first-order chi connectivity index (χ1) is 4.74. The van der Waals surface area contributed by atoms with Crippen LogP contribution in [0.25, 0.3) is 0 Å². The number of anilines is 1. The van der Waals surface area contributed by atoms with Crippen LogP contribution >= 0.6 is 0 Å². The van der Waals surface area contributed by atoms with Gasteiger partial charge in [-0.2, -0.15) is 0 Å². The number of nitrogens with two attached hydrogens (primary N) is 2. The van der Waals surface area contributed by atoms with Gasteiger partial charge < -0.3 is 11.5 Å². The fourth-order valence-electron chi connectivity index (χ4n) is 0.694. The Bertz CT molecular complexity index is 235. The van der Waals surface area contributed by atoms with E-state index in [1.807, 2.05) is 0 Å². The molecule has 2 nitrogen and oxygen atoms in total. The van der Waals surface area contributed by atoms with E-state index < -0.39 is 5.82 Å². The van der Waals surface area contributed by atoms with E-state index in [0.29, 0.717) is 11.3 Å². The summed E-state index contributed by atoms with van der Waals surface area (Å²) < 4.78 is 12.6. The van der Waals surface area contributed by atoms with Gasteiger partial charge in [-0.3, -0.25) is 0 Å². The first kappa shape index (κ1) is 7.02. The van der Waals surface area contributed by atoms with Crippen molar-refractivity contribution in [2.75, 3.05) is 5.73 Å². The summed E-state index contributed by atoms with van der Waals surface area (Å²) in [5.41, 5.74) is 11.4. The Morgan fingerprint density at radius 1 is 1.60 bits per heavy atom. The molecule has 0 aliphatic heterocycles. The Balaban J connectivity index is 3.09. The second-order valence-corrected chi connectivity index (χ2v) is 1.98. The van der Waals surface area contributed by atoms with E-state index in [-0.39, 0.29) is 6.54 Å². The maximum absolute atomic E-state index is 12.6. The second-order valence-electron chi connectivity index (χ2n) is 1.98. The van der Waals surface area contributed by atoms with Gasteiger partial charge in [-0.15, -0.1) is 0 Å². The number of halogens is 1. The minimum absolute atomic E-state index is 0.160. The van der Waals surface area contributed by atoms with E-state index in [1.54, 1.807) is 0 Å². The van der Waals surface area contributed by atoms with Crippen molar-refractivity contribution in [1.82, 2.24) is 0 Å². The highest BCUT2D eigenvalue weighted by Gasteiger charge is 1.98. The first-order valence-electron chi connectivity index (χ1n) is 2.89. The Kier molecular flexibility index (Phi) is 1.87. The monoisotopic (exact) mass is 139 g/mol. The normalized spacial score (nSPS) is 9.80. The minimum atomic E-state index is -0.420. The largest absolute Gasteiger partial charge is 0.399 e. The van der Waals surface area contributed by atoms with Gasteiger partial charge in [0.25, 0.3) is 0 Å². The molecule has 0 spiro atoms. The van der Waals surface area contributed by atoms with Crippen LogP contribution in [0.5, 0.6) is 0 Å².